The van der Waals surface area contributed by atoms with Crippen LogP contribution >= 0.6 is 15.9 Å². The van der Waals surface area contributed by atoms with Gasteiger partial charge in [0.25, 0.3) is 0 Å². The fourth-order valence-electron chi connectivity index (χ4n) is 2.42. The van der Waals surface area contributed by atoms with Crippen molar-refractivity contribution in [2.45, 2.75) is 37.3 Å². The molecule has 0 saturated heterocycles. The normalized spacial score (nSPS) is 25.2. The number of rotatable bonds is 4. The van der Waals surface area contributed by atoms with Crippen LogP contribution in [0.5, 0.6) is 0 Å². The van der Waals surface area contributed by atoms with Crippen LogP contribution in [-0.4, -0.2) is 27.7 Å². The van der Waals surface area contributed by atoms with Crippen molar-refractivity contribution in [1.29, 1.82) is 0 Å². The van der Waals surface area contributed by atoms with Crippen molar-refractivity contribution < 1.29 is 13.2 Å². The molecule has 0 amide bonds. The van der Waals surface area contributed by atoms with Gasteiger partial charge < -0.3 is 10.5 Å². The van der Waals surface area contributed by atoms with Gasteiger partial charge in [-0.15, -0.1) is 0 Å². The Bertz CT molecular complexity index is 616. The molecule has 1 aliphatic carbocycles. The zero-order valence-corrected chi connectivity index (χ0v) is 14.1. The van der Waals surface area contributed by atoms with Gasteiger partial charge in [-0.05, 0) is 40.5 Å². The molecule has 20 heavy (non-hydrogen) atoms. The van der Waals surface area contributed by atoms with Crippen molar-refractivity contribution in [1.82, 2.24) is 4.72 Å². The summed E-state index contributed by atoms with van der Waals surface area (Å²) in [7, 11) is -1.91. The van der Waals surface area contributed by atoms with Crippen molar-refractivity contribution in [2.24, 2.45) is 5.41 Å². The first-order valence-electron chi connectivity index (χ1n) is 6.28. The molecule has 0 bridgehead atoms. The van der Waals surface area contributed by atoms with Crippen LogP contribution in [0.3, 0.4) is 0 Å². The minimum atomic E-state index is -3.55. The van der Waals surface area contributed by atoms with Crippen LogP contribution in [0.4, 0.5) is 5.69 Å². The Kier molecular flexibility index (Phi) is 4.17. The lowest BCUT2D eigenvalue weighted by Crippen LogP contribution is -2.61. The second kappa shape index (κ2) is 5.29. The molecule has 2 rings (SSSR count). The van der Waals surface area contributed by atoms with Gasteiger partial charge in [-0.25, -0.2) is 13.1 Å². The summed E-state index contributed by atoms with van der Waals surface area (Å²) in [5.41, 5.74) is 5.96. The van der Waals surface area contributed by atoms with Gasteiger partial charge in [-0.1, -0.05) is 13.8 Å². The highest BCUT2D eigenvalue weighted by Gasteiger charge is 2.50. The Morgan fingerprint density at radius 2 is 2.10 bits per heavy atom. The number of methoxy groups -OCH3 is 1. The fraction of sp³-hybridized carbons (Fsp3) is 0.538. The first kappa shape index (κ1) is 15.8. The van der Waals surface area contributed by atoms with E-state index in [1.807, 2.05) is 13.8 Å². The summed E-state index contributed by atoms with van der Waals surface area (Å²) in [6.45, 7) is 3.99. The highest BCUT2D eigenvalue weighted by atomic mass is 79.9. The van der Waals surface area contributed by atoms with Crippen LogP contribution in [0.1, 0.15) is 20.3 Å². The molecule has 2 atom stereocenters. The number of sulfonamides is 1. The van der Waals surface area contributed by atoms with E-state index in [0.29, 0.717) is 16.6 Å². The molecule has 2 unspecified atom stereocenters. The number of halogens is 1. The summed E-state index contributed by atoms with van der Waals surface area (Å²) >= 11 is 3.24. The highest BCUT2D eigenvalue weighted by Crippen LogP contribution is 2.43. The maximum atomic E-state index is 12.4. The van der Waals surface area contributed by atoms with Crippen molar-refractivity contribution >= 4 is 31.6 Å². The molecular formula is C13H19BrN2O3S. The molecule has 0 aromatic heterocycles. The number of nitrogen functional groups attached to an aromatic ring is 1. The Labute approximate surface area is 128 Å². The van der Waals surface area contributed by atoms with Gasteiger partial charge >= 0.3 is 0 Å². The average molecular weight is 363 g/mol. The van der Waals surface area contributed by atoms with Crippen LogP contribution in [0.15, 0.2) is 27.6 Å². The van der Waals surface area contributed by atoms with Crippen molar-refractivity contribution in [3.05, 3.63) is 22.7 Å². The van der Waals surface area contributed by atoms with Crippen molar-refractivity contribution in [2.75, 3.05) is 12.8 Å². The van der Waals surface area contributed by atoms with Crippen LogP contribution in [-0.2, 0) is 14.8 Å². The maximum Gasteiger partial charge on any atom is 0.240 e. The lowest BCUT2D eigenvalue weighted by atomic mass is 9.65. The van der Waals surface area contributed by atoms with Gasteiger partial charge in [0.2, 0.25) is 10.0 Å². The van der Waals surface area contributed by atoms with E-state index in [0.717, 1.165) is 0 Å². The van der Waals surface area contributed by atoms with Gasteiger partial charge in [-0.3, -0.25) is 0 Å². The molecular weight excluding hydrogens is 344 g/mol. The summed E-state index contributed by atoms with van der Waals surface area (Å²) in [5, 5.41) is 0. The minimum absolute atomic E-state index is 0.0772. The first-order valence-corrected chi connectivity index (χ1v) is 8.56. The number of hydrogen-bond donors (Lipinski definition) is 2. The predicted octanol–water partition coefficient (Wildman–Crippen LogP) is 2.12. The standard InChI is InChI=1S/C13H19BrN2O3S/c1-13(2)11(7-12(13)19-3)16-20(17,18)8-4-5-10(15)9(14)6-8/h4-6,11-12,16H,7,15H2,1-3H3. The molecule has 1 saturated carbocycles. The molecule has 1 aliphatic rings. The van der Waals surface area contributed by atoms with E-state index in [4.69, 9.17) is 10.5 Å². The Hall–Kier alpha value is -0.630. The largest absolute Gasteiger partial charge is 0.398 e. The lowest BCUT2D eigenvalue weighted by molar-refractivity contribution is -0.0908. The topological polar surface area (TPSA) is 81.4 Å². The Morgan fingerprint density at radius 3 is 2.60 bits per heavy atom. The van der Waals surface area contributed by atoms with Crippen LogP contribution in [0.25, 0.3) is 0 Å². The third-order valence-electron chi connectivity index (χ3n) is 4.04. The van der Waals surface area contributed by atoms with Crippen LogP contribution in [0.2, 0.25) is 0 Å². The molecule has 0 spiro atoms. The summed E-state index contributed by atoms with van der Waals surface area (Å²) in [4.78, 5) is 0.204. The Morgan fingerprint density at radius 1 is 1.45 bits per heavy atom. The molecule has 1 aromatic rings. The molecule has 0 radical (unpaired) electrons. The molecule has 0 aliphatic heterocycles. The van der Waals surface area contributed by atoms with E-state index in [2.05, 4.69) is 20.7 Å². The summed E-state index contributed by atoms with van der Waals surface area (Å²) in [6, 6.07) is 4.45. The highest BCUT2D eigenvalue weighted by molar-refractivity contribution is 9.10. The fourth-order valence-corrected chi connectivity index (χ4v) is 4.38. The van der Waals surface area contributed by atoms with Gasteiger partial charge in [0, 0.05) is 28.7 Å². The second-order valence-electron chi connectivity index (χ2n) is 5.64. The van der Waals surface area contributed by atoms with E-state index in [9.17, 15) is 8.42 Å². The van der Waals surface area contributed by atoms with Crippen LogP contribution in [0, 0.1) is 5.41 Å². The van der Waals surface area contributed by atoms with Gasteiger partial charge in [0.15, 0.2) is 0 Å². The molecule has 0 heterocycles. The Balaban J connectivity index is 2.18. The monoisotopic (exact) mass is 362 g/mol. The summed E-state index contributed by atoms with van der Waals surface area (Å²) in [5.74, 6) is 0. The molecule has 1 fully saturated rings. The molecule has 5 nitrogen and oxygen atoms in total. The first-order chi connectivity index (χ1) is 9.18. The zero-order valence-electron chi connectivity index (χ0n) is 11.7. The van der Waals surface area contributed by atoms with Gasteiger partial charge in [-0.2, -0.15) is 0 Å². The SMILES string of the molecule is COC1CC(NS(=O)(=O)c2ccc(N)c(Br)c2)C1(C)C. The molecule has 1 aromatic carbocycles. The number of ether oxygens (including phenoxy) is 1. The molecule has 7 heteroatoms. The quantitative estimate of drug-likeness (QED) is 0.803. The van der Waals surface area contributed by atoms with Crippen molar-refractivity contribution in [3.8, 4) is 0 Å². The van der Waals surface area contributed by atoms with E-state index < -0.39 is 10.0 Å². The number of benzene rings is 1. The third kappa shape index (κ3) is 2.72. The lowest BCUT2D eigenvalue weighted by Gasteiger charge is -2.50. The molecule has 3 N–H and O–H groups in total. The number of nitrogens with two attached hydrogens (primary N) is 1. The zero-order chi connectivity index (χ0) is 15.1. The molecule has 112 valence electrons. The number of nitrogens with one attached hydrogen (secondary N) is 1. The number of anilines is 1. The van der Waals surface area contributed by atoms with E-state index >= 15 is 0 Å². The smallest absolute Gasteiger partial charge is 0.240 e. The minimum Gasteiger partial charge on any atom is -0.398 e. The van der Waals surface area contributed by atoms with E-state index in [1.165, 1.54) is 12.1 Å². The average Bonchev–Trinajstić information content (AvgIpc) is 2.37. The maximum absolute atomic E-state index is 12.4. The predicted molar refractivity (Wildman–Crippen MR) is 81.9 cm³/mol. The summed E-state index contributed by atoms with van der Waals surface area (Å²) in [6.07, 6.45) is 0.757. The van der Waals surface area contributed by atoms with Gasteiger partial charge in [0.05, 0.1) is 11.0 Å². The summed E-state index contributed by atoms with van der Waals surface area (Å²) < 4.78 is 33.4. The van der Waals surface area contributed by atoms with E-state index in [-0.39, 0.29) is 22.5 Å². The number of hydrogen-bond acceptors (Lipinski definition) is 4. The van der Waals surface area contributed by atoms with Crippen molar-refractivity contribution in [3.63, 3.8) is 0 Å². The third-order valence-corrected chi connectivity index (χ3v) is 6.20. The van der Waals surface area contributed by atoms with E-state index in [1.54, 1.807) is 13.2 Å². The second-order valence-corrected chi connectivity index (χ2v) is 8.21. The van der Waals surface area contributed by atoms with Crippen LogP contribution < -0.4 is 10.5 Å². The van der Waals surface area contributed by atoms with Gasteiger partial charge in [0.1, 0.15) is 0 Å².